The maximum absolute atomic E-state index is 12.3. The van der Waals surface area contributed by atoms with Crippen LogP contribution in [0.1, 0.15) is 21.0 Å². The van der Waals surface area contributed by atoms with E-state index in [1.165, 1.54) is 6.07 Å². The van der Waals surface area contributed by atoms with Gasteiger partial charge in [0.15, 0.2) is 16.5 Å². The zero-order valence-corrected chi connectivity index (χ0v) is 13.3. The number of aromatic nitrogens is 3. The van der Waals surface area contributed by atoms with E-state index >= 15 is 0 Å². The highest BCUT2D eigenvalue weighted by atomic mass is 32.1. The average Bonchev–Trinajstić information content (AvgIpc) is 2.94. The quantitative estimate of drug-likeness (QED) is 0.711. The lowest BCUT2D eigenvalue weighted by atomic mass is 10.3. The summed E-state index contributed by atoms with van der Waals surface area (Å²) in [5.74, 6) is -2.71. The van der Waals surface area contributed by atoms with E-state index in [1.54, 1.807) is 0 Å². The summed E-state index contributed by atoms with van der Waals surface area (Å²) < 4.78 is 40.9. The van der Waals surface area contributed by atoms with Crippen LogP contribution in [-0.4, -0.2) is 38.3 Å². The Bertz CT molecular complexity index is 1010. The molecule has 3 rings (SSSR count). The van der Waals surface area contributed by atoms with E-state index in [4.69, 9.17) is 5.11 Å². The molecule has 0 aliphatic rings. The molecule has 0 saturated carbocycles. The Kier molecular flexibility index (Phi) is 4.42. The van der Waals surface area contributed by atoms with Crippen molar-refractivity contribution >= 4 is 38.6 Å². The summed E-state index contributed by atoms with van der Waals surface area (Å²) in [5.41, 5.74) is -0.621. The molecular formula is C14H7F3N4O4S. The topological polar surface area (TPSA) is 114 Å². The molecule has 2 heterocycles. The smallest absolute Gasteiger partial charge is 0.476 e. The van der Waals surface area contributed by atoms with E-state index in [-0.39, 0.29) is 5.13 Å². The lowest BCUT2D eigenvalue weighted by Crippen LogP contribution is -2.19. The van der Waals surface area contributed by atoms with Gasteiger partial charge in [-0.05, 0) is 12.1 Å². The van der Waals surface area contributed by atoms with Gasteiger partial charge in [0.25, 0.3) is 5.91 Å². The summed E-state index contributed by atoms with van der Waals surface area (Å²) in [4.78, 5) is 34.5. The lowest BCUT2D eigenvalue weighted by molar-refractivity contribution is -0.274. The fraction of sp³-hybridized carbons (Fsp3) is 0.0714. The van der Waals surface area contributed by atoms with Gasteiger partial charge in [-0.3, -0.25) is 10.1 Å². The van der Waals surface area contributed by atoms with Crippen LogP contribution in [-0.2, 0) is 0 Å². The van der Waals surface area contributed by atoms with E-state index in [0.29, 0.717) is 10.2 Å². The Morgan fingerprint density at radius 3 is 2.50 bits per heavy atom. The number of carbonyl (C=O) groups is 2. The zero-order chi connectivity index (χ0) is 18.9. The minimum absolute atomic E-state index is 0.0520. The number of hydrogen-bond donors (Lipinski definition) is 2. The Hall–Kier alpha value is -3.28. The number of thiazole rings is 1. The van der Waals surface area contributed by atoms with Gasteiger partial charge in [0, 0.05) is 18.5 Å². The first-order chi connectivity index (χ1) is 12.2. The van der Waals surface area contributed by atoms with Crippen molar-refractivity contribution in [3.05, 3.63) is 42.0 Å². The molecule has 0 saturated heterocycles. The predicted molar refractivity (Wildman–Crippen MR) is 83.2 cm³/mol. The largest absolute Gasteiger partial charge is 0.573 e. The molecule has 3 aromatic rings. The lowest BCUT2D eigenvalue weighted by Gasteiger charge is -2.07. The van der Waals surface area contributed by atoms with Gasteiger partial charge in [0.2, 0.25) is 0 Å². The number of fused-ring (bicyclic) bond motifs is 1. The van der Waals surface area contributed by atoms with Gasteiger partial charge < -0.3 is 9.84 Å². The first kappa shape index (κ1) is 17.5. The monoisotopic (exact) mass is 384 g/mol. The van der Waals surface area contributed by atoms with Gasteiger partial charge in [0.05, 0.1) is 10.2 Å². The van der Waals surface area contributed by atoms with E-state index in [0.717, 1.165) is 35.9 Å². The number of ether oxygens (including phenoxy) is 1. The fourth-order valence-electron chi connectivity index (χ4n) is 1.97. The third-order valence-corrected chi connectivity index (χ3v) is 3.86. The summed E-state index contributed by atoms with van der Waals surface area (Å²) in [6, 6.07) is 3.51. The van der Waals surface area contributed by atoms with Crippen LogP contribution < -0.4 is 10.1 Å². The summed E-state index contributed by atoms with van der Waals surface area (Å²) in [6.07, 6.45) is -2.55. The van der Waals surface area contributed by atoms with Crippen LogP contribution in [0.4, 0.5) is 18.3 Å². The van der Waals surface area contributed by atoms with E-state index in [9.17, 15) is 22.8 Å². The maximum Gasteiger partial charge on any atom is 0.573 e. The summed E-state index contributed by atoms with van der Waals surface area (Å²) >= 11 is 0.889. The fourth-order valence-corrected chi connectivity index (χ4v) is 2.86. The molecule has 0 aliphatic carbocycles. The van der Waals surface area contributed by atoms with Gasteiger partial charge in [0.1, 0.15) is 5.75 Å². The van der Waals surface area contributed by atoms with Crippen molar-refractivity contribution in [2.75, 3.05) is 5.32 Å². The molecule has 0 aliphatic heterocycles. The molecular weight excluding hydrogens is 377 g/mol. The average molecular weight is 384 g/mol. The Balaban J connectivity index is 1.85. The molecule has 8 nitrogen and oxygen atoms in total. The molecule has 12 heteroatoms. The number of rotatable bonds is 4. The number of benzene rings is 1. The van der Waals surface area contributed by atoms with Gasteiger partial charge in [-0.25, -0.2) is 19.7 Å². The molecule has 0 fully saturated rings. The van der Waals surface area contributed by atoms with E-state index in [1.807, 2.05) is 0 Å². The van der Waals surface area contributed by atoms with Crippen molar-refractivity contribution < 1.29 is 32.6 Å². The van der Waals surface area contributed by atoms with Gasteiger partial charge in [-0.2, -0.15) is 0 Å². The van der Waals surface area contributed by atoms with Gasteiger partial charge in [-0.15, -0.1) is 13.2 Å². The van der Waals surface area contributed by atoms with Crippen LogP contribution in [0.2, 0.25) is 0 Å². The first-order valence-electron chi connectivity index (χ1n) is 6.75. The zero-order valence-electron chi connectivity index (χ0n) is 12.4. The van der Waals surface area contributed by atoms with Crippen LogP contribution in [0.15, 0.2) is 30.6 Å². The second kappa shape index (κ2) is 6.55. The van der Waals surface area contributed by atoms with Crippen LogP contribution >= 0.6 is 11.3 Å². The second-order valence-electron chi connectivity index (χ2n) is 4.71. The number of nitrogens with zero attached hydrogens (tertiary/aromatic N) is 3. The number of anilines is 1. The predicted octanol–water partition coefficient (Wildman–Crippen LogP) is 2.94. The minimum Gasteiger partial charge on any atom is -0.476 e. The number of carbonyl (C=O) groups excluding carboxylic acids is 1. The molecule has 1 amide bonds. The Morgan fingerprint density at radius 2 is 1.85 bits per heavy atom. The SMILES string of the molecule is O=C(O)c1nccnc1C(=O)Nc1nc2ccc(OC(F)(F)F)cc2s1. The number of alkyl halides is 3. The van der Waals surface area contributed by atoms with E-state index in [2.05, 4.69) is 25.0 Å². The number of hydrogen-bond acceptors (Lipinski definition) is 7. The molecule has 0 radical (unpaired) electrons. The van der Waals surface area contributed by atoms with Crippen molar-refractivity contribution in [1.29, 1.82) is 0 Å². The molecule has 2 aromatic heterocycles. The number of halogens is 3. The molecule has 26 heavy (non-hydrogen) atoms. The third kappa shape index (κ3) is 3.85. The molecule has 0 atom stereocenters. The normalized spacial score (nSPS) is 11.3. The van der Waals surface area contributed by atoms with Crippen molar-refractivity contribution in [3.8, 4) is 5.75 Å². The van der Waals surface area contributed by atoms with E-state index < -0.39 is 35.4 Å². The summed E-state index contributed by atoms with van der Waals surface area (Å²) in [7, 11) is 0. The van der Waals surface area contributed by atoms with Gasteiger partial charge >= 0.3 is 12.3 Å². The standard InChI is InChI=1S/C14H7F3N4O4S/c15-14(16,17)25-6-1-2-7-8(5-6)26-13(20-7)21-11(22)9-10(12(23)24)19-4-3-18-9/h1-5H,(H,23,24)(H,20,21,22). The minimum atomic E-state index is -4.82. The first-order valence-corrected chi connectivity index (χ1v) is 7.56. The van der Waals surface area contributed by atoms with Crippen LogP contribution in [0, 0.1) is 0 Å². The third-order valence-electron chi connectivity index (χ3n) is 2.93. The second-order valence-corrected chi connectivity index (χ2v) is 5.74. The molecule has 1 aromatic carbocycles. The van der Waals surface area contributed by atoms with Crippen molar-refractivity contribution in [2.24, 2.45) is 0 Å². The number of amides is 1. The number of nitrogens with one attached hydrogen (secondary N) is 1. The molecule has 0 spiro atoms. The highest BCUT2D eigenvalue weighted by molar-refractivity contribution is 7.22. The number of carboxylic acid groups (broad SMARTS) is 1. The molecule has 2 N–H and O–H groups in total. The summed E-state index contributed by atoms with van der Waals surface area (Å²) in [5, 5.41) is 11.4. The van der Waals surface area contributed by atoms with Crippen molar-refractivity contribution in [2.45, 2.75) is 6.36 Å². The maximum atomic E-state index is 12.3. The Labute approximate surface area is 146 Å². The van der Waals surface area contributed by atoms with Crippen molar-refractivity contribution in [1.82, 2.24) is 15.0 Å². The van der Waals surface area contributed by atoms with Crippen LogP contribution in [0.3, 0.4) is 0 Å². The number of aromatic carboxylic acids is 1. The van der Waals surface area contributed by atoms with Crippen LogP contribution in [0.5, 0.6) is 5.75 Å². The Morgan fingerprint density at radius 1 is 1.15 bits per heavy atom. The molecule has 134 valence electrons. The highest BCUT2D eigenvalue weighted by Crippen LogP contribution is 2.31. The number of carboxylic acids is 1. The molecule has 0 unspecified atom stereocenters. The summed E-state index contributed by atoms with van der Waals surface area (Å²) in [6.45, 7) is 0. The van der Waals surface area contributed by atoms with Crippen molar-refractivity contribution in [3.63, 3.8) is 0 Å². The van der Waals surface area contributed by atoms with Crippen LogP contribution in [0.25, 0.3) is 10.2 Å². The molecule has 0 bridgehead atoms. The van der Waals surface area contributed by atoms with Gasteiger partial charge in [-0.1, -0.05) is 11.3 Å². The highest BCUT2D eigenvalue weighted by Gasteiger charge is 2.31.